The lowest BCUT2D eigenvalue weighted by molar-refractivity contribution is -0.0118. The third-order valence-electron chi connectivity index (χ3n) is 11.8. The van der Waals surface area contributed by atoms with Gasteiger partial charge in [0.2, 0.25) is 0 Å². The molecule has 2 aromatic heterocycles. The number of nitrogens with zero attached hydrogens (tertiary/aromatic N) is 7. The van der Waals surface area contributed by atoms with E-state index >= 15 is 8.78 Å². The minimum absolute atomic E-state index is 0.0112. The maximum Gasteiger partial charge on any atom is 0.319 e. The molecular weight excluding hydrogens is 721 g/mol. The summed E-state index contributed by atoms with van der Waals surface area (Å²) in [6.45, 7) is 2.62. The molecule has 0 spiro atoms. The maximum absolute atomic E-state index is 17.7. The molecule has 5 aromatic rings. The number of benzene rings is 3. The number of phenolic OH excluding ortho intramolecular Hbond substituents is 1. The topological polar surface area (TPSA) is 92.0 Å². The van der Waals surface area contributed by atoms with Gasteiger partial charge in [0.25, 0.3) is 5.92 Å². The number of methoxy groups -OCH3 is 1. The highest BCUT2D eigenvalue weighted by Gasteiger charge is 2.72. The number of aromatic hydroxyl groups is 1. The standard InChI is InChI=1S/C40H40F5N7O3/c1-4-27-30(42)9-6-22-12-26(53)13-28(31(22)27)32-34(43)36-33(29-18-49(2)48-35(29)32)37(52-24-7-8-25(52)17-50(16-24)10-5-11-54-3)47-38(46-36)55-21-39(19-40(39,44)45)20-51-14-23(41)15-51/h1,6,9,12-13,18,23-25,53H,5,7-8,10-11,14-17,19-21H2,2-3H3/t24-,25+,39-/m1/s1. The van der Waals surface area contributed by atoms with Crippen molar-refractivity contribution in [3.8, 4) is 35.2 Å². The van der Waals surface area contributed by atoms with Crippen LogP contribution in [-0.2, 0) is 11.8 Å². The lowest BCUT2D eigenvalue weighted by Gasteiger charge is -2.42. The van der Waals surface area contributed by atoms with E-state index in [-0.39, 0.29) is 76.6 Å². The lowest BCUT2D eigenvalue weighted by atomic mass is 9.91. The van der Waals surface area contributed by atoms with E-state index in [1.54, 1.807) is 25.3 Å². The highest BCUT2D eigenvalue weighted by atomic mass is 19.3. The summed E-state index contributed by atoms with van der Waals surface area (Å²) in [7, 11) is 3.37. The number of anilines is 1. The van der Waals surface area contributed by atoms with E-state index in [4.69, 9.17) is 20.9 Å². The van der Waals surface area contributed by atoms with Crippen molar-refractivity contribution in [2.45, 2.75) is 49.9 Å². The van der Waals surface area contributed by atoms with Gasteiger partial charge < -0.3 is 19.5 Å². The van der Waals surface area contributed by atoms with Gasteiger partial charge in [0.1, 0.15) is 41.2 Å². The molecule has 0 amide bonds. The third kappa shape index (κ3) is 5.91. The second-order valence-corrected chi connectivity index (χ2v) is 15.6. The number of likely N-dealkylation sites (tertiary alicyclic amines) is 2. The fraction of sp³-hybridized carbons (Fsp3) is 0.475. The zero-order valence-corrected chi connectivity index (χ0v) is 30.5. The first kappa shape index (κ1) is 35.9. The van der Waals surface area contributed by atoms with E-state index < -0.39 is 42.2 Å². The van der Waals surface area contributed by atoms with Gasteiger partial charge in [0.05, 0.1) is 16.4 Å². The van der Waals surface area contributed by atoms with Crippen molar-refractivity contribution >= 4 is 38.4 Å². The van der Waals surface area contributed by atoms with Gasteiger partial charge in [-0.1, -0.05) is 12.0 Å². The molecule has 4 fully saturated rings. The summed E-state index contributed by atoms with van der Waals surface area (Å²) in [6, 6.07) is 5.13. The van der Waals surface area contributed by atoms with Crippen molar-refractivity contribution in [2.24, 2.45) is 12.5 Å². The molecule has 5 heterocycles. The van der Waals surface area contributed by atoms with Crippen LogP contribution >= 0.6 is 0 Å². The van der Waals surface area contributed by atoms with Gasteiger partial charge >= 0.3 is 6.01 Å². The van der Waals surface area contributed by atoms with Crippen LogP contribution in [0.15, 0.2) is 30.5 Å². The summed E-state index contributed by atoms with van der Waals surface area (Å²) in [6.07, 6.45) is 8.64. The number of alkyl halides is 3. The van der Waals surface area contributed by atoms with Gasteiger partial charge in [0, 0.05) is 101 Å². The van der Waals surface area contributed by atoms with Crippen molar-refractivity contribution < 1.29 is 36.5 Å². The van der Waals surface area contributed by atoms with Crippen LogP contribution in [0.1, 0.15) is 31.2 Å². The molecule has 1 aliphatic carbocycles. The fourth-order valence-corrected chi connectivity index (χ4v) is 9.15. The SMILES string of the molecule is C#Cc1c(F)ccc2cc(O)cc(-c3c(F)c4nc(OC[C@]5(CN6CC(F)C6)CC5(F)F)nc(N5[C@@H]6CC[C@H]5CN(CCCOC)C6)c4c4cn(C)nc34)c12. The Kier molecular flexibility index (Phi) is 8.59. The smallest absolute Gasteiger partial charge is 0.319 e. The van der Waals surface area contributed by atoms with Gasteiger partial charge in [-0.05, 0) is 48.4 Å². The molecule has 10 nitrogen and oxygen atoms in total. The summed E-state index contributed by atoms with van der Waals surface area (Å²) < 4.78 is 89.4. The zero-order valence-electron chi connectivity index (χ0n) is 30.5. The number of phenols is 1. The van der Waals surface area contributed by atoms with Crippen molar-refractivity contribution in [1.82, 2.24) is 29.5 Å². The van der Waals surface area contributed by atoms with Crippen LogP contribution in [0.25, 0.3) is 43.7 Å². The fourth-order valence-electron chi connectivity index (χ4n) is 9.15. The van der Waals surface area contributed by atoms with E-state index in [9.17, 15) is 18.3 Å². The molecule has 2 bridgehead atoms. The molecule has 9 rings (SSSR count). The van der Waals surface area contributed by atoms with Crippen molar-refractivity contribution in [2.75, 3.05) is 64.5 Å². The molecule has 3 aromatic carbocycles. The largest absolute Gasteiger partial charge is 0.508 e. The molecule has 3 atom stereocenters. The Morgan fingerprint density at radius 1 is 1.02 bits per heavy atom. The maximum atomic E-state index is 17.7. The highest BCUT2D eigenvalue weighted by molar-refractivity contribution is 6.18. The Morgan fingerprint density at radius 3 is 2.44 bits per heavy atom. The van der Waals surface area contributed by atoms with Crippen LogP contribution in [0.3, 0.4) is 0 Å². The van der Waals surface area contributed by atoms with Gasteiger partial charge in [-0.3, -0.25) is 14.5 Å². The molecule has 3 saturated heterocycles. The number of halogens is 5. The van der Waals surface area contributed by atoms with Crippen LogP contribution in [0, 0.1) is 29.4 Å². The second kappa shape index (κ2) is 13.2. The quantitative estimate of drug-likeness (QED) is 0.0982. The van der Waals surface area contributed by atoms with Crippen LogP contribution in [-0.4, -0.2) is 118 Å². The minimum atomic E-state index is -3.03. The Balaban J connectivity index is 1.23. The van der Waals surface area contributed by atoms with E-state index in [0.29, 0.717) is 28.6 Å². The van der Waals surface area contributed by atoms with E-state index in [1.807, 2.05) is 0 Å². The molecule has 4 aliphatic rings. The molecule has 0 unspecified atom stereocenters. The summed E-state index contributed by atoms with van der Waals surface area (Å²) in [4.78, 5) is 15.7. The number of fused-ring (bicyclic) bond motifs is 6. The van der Waals surface area contributed by atoms with Crippen LogP contribution in [0.2, 0.25) is 0 Å². The Bertz CT molecular complexity index is 2380. The van der Waals surface area contributed by atoms with E-state index in [2.05, 4.69) is 25.8 Å². The van der Waals surface area contributed by atoms with Gasteiger partial charge in [-0.25, -0.2) is 22.0 Å². The van der Waals surface area contributed by atoms with E-state index in [0.717, 1.165) is 38.9 Å². The third-order valence-corrected chi connectivity index (χ3v) is 11.8. The first-order valence-electron chi connectivity index (χ1n) is 18.6. The van der Waals surface area contributed by atoms with Gasteiger partial charge in [0.15, 0.2) is 5.82 Å². The number of ether oxygens (including phenoxy) is 2. The molecule has 1 saturated carbocycles. The summed E-state index contributed by atoms with van der Waals surface area (Å²) >= 11 is 0. The average Bonchev–Trinajstić information content (AvgIpc) is 3.32. The van der Waals surface area contributed by atoms with Gasteiger partial charge in [-0.15, -0.1) is 6.42 Å². The van der Waals surface area contributed by atoms with Crippen LogP contribution < -0.4 is 9.64 Å². The molecule has 0 radical (unpaired) electrons. The number of hydrogen-bond acceptors (Lipinski definition) is 9. The predicted octanol–water partition coefficient (Wildman–Crippen LogP) is 6.05. The zero-order chi connectivity index (χ0) is 38.4. The molecule has 3 aliphatic heterocycles. The van der Waals surface area contributed by atoms with Crippen molar-refractivity contribution in [3.05, 3.63) is 47.7 Å². The second-order valence-electron chi connectivity index (χ2n) is 15.6. The Hall–Kier alpha value is -4.78. The average molecular weight is 762 g/mol. The lowest BCUT2D eigenvalue weighted by Crippen LogP contribution is -2.54. The number of aryl methyl sites for hydroxylation is 1. The number of rotatable bonds is 11. The molecular formula is C40H40F5N7O3. The molecule has 1 N–H and O–H groups in total. The normalized spacial score (nSPS) is 23.9. The minimum Gasteiger partial charge on any atom is -0.508 e. The van der Waals surface area contributed by atoms with E-state index in [1.165, 1.54) is 28.9 Å². The van der Waals surface area contributed by atoms with Crippen LogP contribution in [0.5, 0.6) is 11.8 Å². The monoisotopic (exact) mass is 761 g/mol. The van der Waals surface area contributed by atoms with Crippen molar-refractivity contribution in [1.29, 1.82) is 0 Å². The Labute approximate surface area is 313 Å². The first-order valence-corrected chi connectivity index (χ1v) is 18.6. The Morgan fingerprint density at radius 2 is 1.76 bits per heavy atom. The van der Waals surface area contributed by atoms with Crippen molar-refractivity contribution in [3.63, 3.8) is 0 Å². The summed E-state index contributed by atoms with van der Waals surface area (Å²) in [5.41, 5.74) is -1.57. The predicted molar refractivity (Wildman–Crippen MR) is 197 cm³/mol. The molecule has 288 valence electrons. The number of aromatic nitrogens is 4. The highest BCUT2D eigenvalue weighted by Crippen LogP contribution is 2.61. The summed E-state index contributed by atoms with van der Waals surface area (Å²) in [5, 5.41) is 17.0. The first-order chi connectivity index (χ1) is 26.4. The van der Waals surface area contributed by atoms with Crippen LogP contribution in [0.4, 0.5) is 27.8 Å². The number of terminal acetylenes is 1. The van der Waals surface area contributed by atoms with Gasteiger partial charge in [-0.2, -0.15) is 15.1 Å². The summed E-state index contributed by atoms with van der Waals surface area (Å²) in [5.74, 6) is -1.98. The molecule has 55 heavy (non-hydrogen) atoms. The number of hydrogen-bond donors (Lipinski definition) is 1. The number of piperazine rings is 1. The molecule has 15 heteroatoms.